The van der Waals surface area contributed by atoms with Crippen molar-refractivity contribution < 1.29 is 9.53 Å². The molecule has 1 amide bonds. The van der Waals surface area contributed by atoms with E-state index in [-0.39, 0.29) is 24.0 Å². The van der Waals surface area contributed by atoms with Gasteiger partial charge in [0, 0.05) is 5.54 Å². The second-order valence-corrected chi connectivity index (χ2v) is 4.95. The molecule has 0 heterocycles. The van der Waals surface area contributed by atoms with Crippen molar-refractivity contribution in [2.75, 3.05) is 6.54 Å². The minimum Gasteiger partial charge on any atom is -0.444 e. The summed E-state index contributed by atoms with van der Waals surface area (Å²) < 4.78 is 5.17. The lowest BCUT2D eigenvalue weighted by Crippen LogP contribution is -2.41. The predicted octanol–water partition coefficient (Wildman–Crippen LogP) is 1.81. The van der Waals surface area contributed by atoms with Crippen LogP contribution in [-0.2, 0) is 4.74 Å². The van der Waals surface area contributed by atoms with Gasteiger partial charge in [0.15, 0.2) is 0 Å². The Morgan fingerprint density at radius 2 is 2.00 bits per heavy atom. The third-order valence-electron chi connectivity index (χ3n) is 2.24. The topological polar surface area (TPSA) is 64.3 Å². The van der Waals surface area contributed by atoms with E-state index in [2.05, 4.69) is 5.32 Å². The van der Waals surface area contributed by atoms with Gasteiger partial charge in [0.05, 0.1) is 0 Å². The Kier molecular flexibility index (Phi) is 4.87. The van der Waals surface area contributed by atoms with Crippen molar-refractivity contribution in [3.8, 4) is 0 Å². The molecule has 3 N–H and O–H groups in total. The first-order valence-electron chi connectivity index (χ1n) is 5.08. The fraction of sp³-hybridized carbons (Fsp3) is 0.900. The molecule has 1 fully saturated rings. The highest BCUT2D eigenvalue weighted by molar-refractivity contribution is 5.85. The van der Waals surface area contributed by atoms with Crippen LogP contribution in [0, 0.1) is 0 Å². The van der Waals surface area contributed by atoms with Crippen molar-refractivity contribution in [2.24, 2.45) is 5.73 Å². The number of alkyl carbamates (subject to hydrolysis) is 1. The summed E-state index contributed by atoms with van der Waals surface area (Å²) in [7, 11) is 0. The van der Waals surface area contributed by atoms with Gasteiger partial charge in [-0.3, -0.25) is 0 Å². The number of carbonyl (C=O) groups is 1. The first-order valence-corrected chi connectivity index (χ1v) is 5.08. The van der Waals surface area contributed by atoms with E-state index in [0.717, 1.165) is 19.3 Å². The van der Waals surface area contributed by atoms with Crippen LogP contribution in [0.15, 0.2) is 0 Å². The van der Waals surface area contributed by atoms with Crippen LogP contribution < -0.4 is 11.1 Å². The third-order valence-corrected chi connectivity index (χ3v) is 2.24. The van der Waals surface area contributed by atoms with E-state index in [0.29, 0.717) is 6.54 Å². The van der Waals surface area contributed by atoms with Gasteiger partial charge in [-0.25, -0.2) is 4.79 Å². The van der Waals surface area contributed by atoms with E-state index < -0.39 is 5.60 Å². The van der Waals surface area contributed by atoms with Crippen molar-refractivity contribution in [3.63, 3.8) is 0 Å². The Bertz CT molecular complexity index is 222. The molecule has 0 atom stereocenters. The summed E-state index contributed by atoms with van der Waals surface area (Å²) in [5.41, 5.74) is 4.98. The van der Waals surface area contributed by atoms with Crippen LogP contribution in [0.1, 0.15) is 40.0 Å². The number of amides is 1. The second kappa shape index (κ2) is 5.03. The summed E-state index contributed by atoms with van der Waals surface area (Å²) in [5.74, 6) is 0. The molecule has 0 radical (unpaired) electrons. The maximum atomic E-state index is 11.4. The minimum atomic E-state index is -0.428. The number of ether oxygens (including phenoxy) is 1. The van der Waals surface area contributed by atoms with E-state index in [9.17, 15) is 4.79 Å². The molecule has 0 aliphatic heterocycles. The molecular weight excluding hydrogens is 216 g/mol. The second-order valence-electron chi connectivity index (χ2n) is 4.95. The average molecular weight is 237 g/mol. The van der Waals surface area contributed by atoms with Crippen LogP contribution in [-0.4, -0.2) is 23.8 Å². The number of carbonyl (C=O) groups excluding carboxylic acids is 1. The van der Waals surface area contributed by atoms with Gasteiger partial charge in [-0.1, -0.05) is 0 Å². The first kappa shape index (κ1) is 14.5. The molecule has 0 aromatic rings. The van der Waals surface area contributed by atoms with Gasteiger partial charge in [-0.15, -0.1) is 12.4 Å². The van der Waals surface area contributed by atoms with E-state index in [4.69, 9.17) is 10.5 Å². The van der Waals surface area contributed by atoms with Crippen LogP contribution in [0.5, 0.6) is 0 Å². The third kappa shape index (κ3) is 5.23. The van der Waals surface area contributed by atoms with Gasteiger partial charge in [0.25, 0.3) is 0 Å². The van der Waals surface area contributed by atoms with Gasteiger partial charge in [0.2, 0.25) is 0 Å². The van der Waals surface area contributed by atoms with Gasteiger partial charge in [0.1, 0.15) is 5.60 Å². The van der Waals surface area contributed by atoms with Gasteiger partial charge in [-0.05, 0) is 46.6 Å². The zero-order valence-electron chi connectivity index (χ0n) is 9.63. The van der Waals surface area contributed by atoms with Crippen LogP contribution in [0.3, 0.4) is 0 Å². The minimum absolute atomic E-state index is 0. The van der Waals surface area contributed by atoms with Crippen molar-refractivity contribution >= 4 is 18.5 Å². The van der Waals surface area contributed by atoms with Crippen molar-refractivity contribution in [1.29, 1.82) is 0 Å². The maximum Gasteiger partial charge on any atom is 0.408 e. The Hall–Kier alpha value is -0.480. The Labute approximate surface area is 97.3 Å². The zero-order chi connectivity index (χ0) is 10.8. The Morgan fingerprint density at radius 1 is 1.47 bits per heavy atom. The fourth-order valence-electron chi connectivity index (χ4n) is 1.38. The van der Waals surface area contributed by atoms with Crippen LogP contribution in [0.2, 0.25) is 0 Å². The molecule has 0 aromatic heterocycles. The molecule has 1 rings (SSSR count). The van der Waals surface area contributed by atoms with Gasteiger partial charge in [-0.2, -0.15) is 0 Å². The number of halogens is 1. The molecule has 5 heteroatoms. The number of hydrogen-bond acceptors (Lipinski definition) is 3. The van der Waals surface area contributed by atoms with E-state index in [1.165, 1.54) is 0 Å². The Balaban J connectivity index is 0.00000196. The normalized spacial score (nSPS) is 17.6. The lowest BCUT2D eigenvalue weighted by atomic mass is 10.2. The summed E-state index contributed by atoms with van der Waals surface area (Å²) >= 11 is 0. The predicted molar refractivity (Wildman–Crippen MR) is 62.3 cm³/mol. The number of nitrogens with two attached hydrogens (primary N) is 1. The summed E-state index contributed by atoms with van der Waals surface area (Å²) in [6, 6.07) is 0. The van der Waals surface area contributed by atoms with Crippen LogP contribution >= 0.6 is 12.4 Å². The maximum absolute atomic E-state index is 11.4. The molecule has 0 bridgehead atoms. The molecule has 4 nitrogen and oxygen atoms in total. The first-order chi connectivity index (χ1) is 6.37. The molecule has 1 aliphatic rings. The highest BCUT2D eigenvalue weighted by Crippen LogP contribution is 2.38. The molecule has 1 saturated carbocycles. The molecule has 1 aliphatic carbocycles. The number of rotatable bonds is 3. The Morgan fingerprint density at radius 3 is 2.33 bits per heavy atom. The lowest BCUT2D eigenvalue weighted by Gasteiger charge is -2.23. The smallest absolute Gasteiger partial charge is 0.408 e. The quantitative estimate of drug-likeness (QED) is 0.786. The fourth-order valence-corrected chi connectivity index (χ4v) is 1.38. The molecule has 15 heavy (non-hydrogen) atoms. The number of nitrogens with one attached hydrogen (secondary N) is 1. The molecular formula is C10H21ClN2O2. The average Bonchev–Trinajstić information content (AvgIpc) is 2.64. The van der Waals surface area contributed by atoms with Gasteiger partial charge >= 0.3 is 6.09 Å². The van der Waals surface area contributed by atoms with Crippen LogP contribution in [0.4, 0.5) is 4.79 Å². The monoisotopic (exact) mass is 236 g/mol. The van der Waals surface area contributed by atoms with Crippen molar-refractivity contribution in [2.45, 2.75) is 51.2 Å². The highest BCUT2D eigenvalue weighted by Gasteiger charge is 2.43. The van der Waals surface area contributed by atoms with E-state index in [1.807, 2.05) is 20.8 Å². The SMILES string of the molecule is CC(C)(C)OC(=O)NC1(CCN)CC1.Cl. The van der Waals surface area contributed by atoms with E-state index >= 15 is 0 Å². The van der Waals surface area contributed by atoms with E-state index in [1.54, 1.807) is 0 Å². The summed E-state index contributed by atoms with van der Waals surface area (Å²) in [4.78, 5) is 11.4. The zero-order valence-corrected chi connectivity index (χ0v) is 10.4. The lowest BCUT2D eigenvalue weighted by molar-refractivity contribution is 0.0494. The summed E-state index contributed by atoms with van der Waals surface area (Å²) in [6.45, 7) is 6.18. The molecule has 0 saturated heterocycles. The molecule has 0 unspecified atom stereocenters. The molecule has 0 aromatic carbocycles. The van der Waals surface area contributed by atoms with Crippen LogP contribution in [0.25, 0.3) is 0 Å². The number of hydrogen-bond donors (Lipinski definition) is 2. The van der Waals surface area contributed by atoms with Crippen molar-refractivity contribution in [3.05, 3.63) is 0 Å². The van der Waals surface area contributed by atoms with Crippen molar-refractivity contribution in [1.82, 2.24) is 5.32 Å². The molecule has 90 valence electrons. The largest absolute Gasteiger partial charge is 0.444 e. The summed E-state index contributed by atoms with van der Waals surface area (Å²) in [6.07, 6.45) is 2.54. The van der Waals surface area contributed by atoms with Gasteiger partial charge < -0.3 is 15.8 Å². The standard InChI is InChI=1S/C10H20N2O2.ClH/c1-9(2,3)14-8(13)12-10(4-5-10)6-7-11;/h4-7,11H2,1-3H3,(H,12,13);1H. The molecule has 0 spiro atoms. The highest BCUT2D eigenvalue weighted by atomic mass is 35.5. The summed E-state index contributed by atoms with van der Waals surface area (Å²) in [5, 5.41) is 2.88.